The molecule has 1 aromatic heterocycles. The quantitative estimate of drug-likeness (QED) is 0.281. The monoisotopic (exact) mass is 475 g/mol. The van der Waals surface area contributed by atoms with Crippen molar-refractivity contribution in [3.63, 3.8) is 0 Å². The van der Waals surface area contributed by atoms with E-state index in [4.69, 9.17) is 5.73 Å². The van der Waals surface area contributed by atoms with Gasteiger partial charge in [0.25, 0.3) is 0 Å². The van der Waals surface area contributed by atoms with Crippen LogP contribution in [0, 0.1) is 0 Å². The first-order valence-corrected chi connectivity index (χ1v) is 11.4. The Bertz CT molecular complexity index is 1040. The molecule has 1 aliphatic heterocycles. The van der Waals surface area contributed by atoms with E-state index in [-0.39, 0.29) is 18.1 Å². The third-order valence-electron chi connectivity index (χ3n) is 5.76. The summed E-state index contributed by atoms with van der Waals surface area (Å²) in [4.78, 5) is 54.5. The van der Waals surface area contributed by atoms with Crippen LogP contribution >= 0.6 is 12.6 Å². The molecule has 178 valence electrons. The van der Waals surface area contributed by atoms with E-state index in [9.17, 15) is 24.3 Å². The number of para-hydroxylation sites is 1. The summed E-state index contributed by atoms with van der Waals surface area (Å²) >= 11 is 3.99. The molecule has 0 unspecified atom stereocenters. The molecule has 0 radical (unpaired) electrons. The fraction of sp³-hybridized carbons (Fsp3) is 0.455. The minimum absolute atomic E-state index is 0.103. The molecule has 0 spiro atoms. The molecule has 6 N–H and O–H groups in total. The number of thiol groups is 1. The van der Waals surface area contributed by atoms with Crippen LogP contribution in [0.3, 0.4) is 0 Å². The first kappa shape index (κ1) is 24.6. The van der Waals surface area contributed by atoms with E-state index in [2.05, 4.69) is 28.2 Å². The fourth-order valence-corrected chi connectivity index (χ4v) is 4.27. The molecule has 1 saturated heterocycles. The largest absolute Gasteiger partial charge is 0.480 e. The predicted octanol–water partition coefficient (Wildman–Crippen LogP) is 0.0326. The zero-order valence-electron chi connectivity index (χ0n) is 18.3. The van der Waals surface area contributed by atoms with Crippen LogP contribution < -0.4 is 16.4 Å². The van der Waals surface area contributed by atoms with E-state index < -0.39 is 42.0 Å². The molecular formula is C22H29N5O5S. The molecule has 0 bridgehead atoms. The highest BCUT2D eigenvalue weighted by Gasteiger charge is 2.37. The normalized spacial score (nSPS) is 18.5. The molecule has 4 atom stereocenters. The van der Waals surface area contributed by atoms with Crippen molar-refractivity contribution in [2.45, 2.75) is 50.4 Å². The molecule has 0 saturated carbocycles. The van der Waals surface area contributed by atoms with Crippen molar-refractivity contribution in [1.29, 1.82) is 0 Å². The van der Waals surface area contributed by atoms with Crippen molar-refractivity contribution in [1.82, 2.24) is 20.5 Å². The number of nitrogens with one attached hydrogen (secondary N) is 3. The minimum Gasteiger partial charge on any atom is -0.480 e. The Balaban J connectivity index is 1.83. The van der Waals surface area contributed by atoms with E-state index in [0.717, 1.165) is 16.5 Å². The highest BCUT2D eigenvalue weighted by Crippen LogP contribution is 2.21. The second-order valence-electron chi connectivity index (χ2n) is 8.19. The highest BCUT2D eigenvalue weighted by molar-refractivity contribution is 7.80. The average molecular weight is 476 g/mol. The van der Waals surface area contributed by atoms with Gasteiger partial charge >= 0.3 is 5.97 Å². The van der Waals surface area contributed by atoms with Gasteiger partial charge in [-0.15, -0.1) is 0 Å². The van der Waals surface area contributed by atoms with E-state index in [1.165, 1.54) is 4.90 Å². The number of carboxylic acids is 1. The standard InChI is InChI=1S/C22H29N5O5S/c1-12(23)21(30)27-8-4-7-18(27)20(29)25-16(19(28)26-17(11-33)22(31)32)9-13-10-24-15-6-3-2-5-14(13)15/h2-3,5-6,10,12,16-18,24,33H,4,7-9,11,23H2,1H3,(H,25,29)(H,26,28)(H,31,32)/t12-,16-,17-,18-/m0/s1. The van der Waals surface area contributed by atoms with Crippen molar-refractivity contribution in [3.8, 4) is 0 Å². The van der Waals surface area contributed by atoms with Gasteiger partial charge < -0.3 is 31.4 Å². The first-order chi connectivity index (χ1) is 15.7. The Morgan fingerprint density at radius 3 is 2.64 bits per heavy atom. The average Bonchev–Trinajstić information content (AvgIpc) is 3.43. The summed E-state index contributed by atoms with van der Waals surface area (Å²) in [5, 5.41) is 15.4. The summed E-state index contributed by atoms with van der Waals surface area (Å²) in [5.74, 6) is -2.77. The zero-order valence-corrected chi connectivity index (χ0v) is 19.2. The van der Waals surface area contributed by atoms with E-state index >= 15 is 0 Å². The van der Waals surface area contributed by atoms with Crippen molar-refractivity contribution in [2.75, 3.05) is 12.3 Å². The Morgan fingerprint density at radius 2 is 1.97 bits per heavy atom. The third-order valence-corrected chi connectivity index (χ3v) is 6.12. The lowest BCUT2D eigenvalue weighted by atomic mass is 10.0. The Hall–Kier alpha value is -3.05. The van der Waals surface area contributed by atoms with Crippen molar-refractivity contribution in [2.24, 2.45) is 5.73 Å². The van der Waals surface area contributed by atoms with Crippen LogP contribution in [-0.4, -0.2) is 75.1 Å². The number of aromatic nitrogens is 1. The van der Waals surface area contributed by atoms with Crippen LogP contribution in [0.15, 0.2) is 30.5 Å². The van der Waals surface area contributed by atoms with Gasteiger partial charge in [-0.2, -0.15) is 12.6 Å². The molecule has 1 fully saturated rings. The van der Waals surface area contributed by atoms with Crippen molar-refractivity contribution < 1.29 is 24.3 Å². The number of carbonyl (C=O) groups excluding carboxylic acids is 3. The van der Waals surface area contributed by atoms with Crippen LogP contribution in [0.1, 0.15) is 25.3 Å². The first-order valence-electron chi connectivity index (χ1n) is 10.8. The number of rotatable bonds is 9. The van der Waals surface area contributed by atoms with E-state index in [1.54, 1.807) is 13.1 Å². The van der Waals surface area contributed by atoms with Crippen molar-refractivity contribution in [3.05, 3.63) is 36.0 Å². The number of carbonyl (C=O) groups is 4. The van der Waals surface area contributed by atoms with Crippen LogP contribution in [0.4, 0.5) is 0 Å². The minimum atomic E-state index is -1.22. The van der Waals surface area contributed by atoms with Crippen molar-refractivity contribution >= 4 is 47.2 Å². The van der Waals surface area contributed by atoms with Crippen LogP contribution in [-0.2, 0) is 25.6 Å². The molecule has 10 nitrogen and oxygen atoms in total. The number of hydrogen-bond donors (Lipinski definition) is 6. The molecule has 2 aromatic rings. The van der Waals surface area contributed by atoms with Gasteiger partial charge in [-0.1, -0.05) is 18.2 Å². The third kappa shape index (κ3) is 5.66. The lowest BCUT2D eigenvalue weighted by Gasteiger charge is -2.28. The number of amides is 3. The summed E-state index contributed by atoms with van der Waals surface area (Å²) in [6.45, 7) is 1.98. The number of nitrogens with two attached hydrogens (primary N) is 1. The number of benzene rings is 1. The number of H-pyrrole nitrogens is 1. The van der Waals surface area contributed by atoms with Gasteiger partial charge in [0, 0.05) is 35.8 Å². The second kappa shape index (κ2) is 10.7. The Morgan fingerprint density at radius 1 is 1.24 bits per heavy atom. The van der Waals surface area contributed by atoms with Gasteiger partial charge in [-0.3, -0.25) is 14.4 Å². The van der Waals surface area contributed by atoms with Crippen LogP contribution in [0.2, 0.25) is 0 Å². The van der Waals surface area contributed by atoms with Crippen LogP contribution in [0.5, 0.6) is 0 Å². The number of aromatic amines is 1. The maximum absolute atomic E-state index is 13.1. The number of carboxylic acid groups (broad SMARTS) is 1. The Kier molecular flexibility index (Phi) is 7.98. The topological polar surface area (TPSA) is 158 Å². The van der Waals surface area contributed by atoms with Gasteiger partial charge in [0.15, 0.2) is 0 Å². The molecular weight excluding hydrogens is 446 g/mol. The molecule has 1 aliphatic rings. The van der Waals surface area contributed by atoms with Gasteiger partial charge in [0.1, 0.15) is 18.1 Å². The molecule has 11 heteroatoms. The number of likely N-dealkylation sites (tertiary alicyclic amines) is 1. The molecule has 3 amide bonds. The summed E-state index contributed by atoms with van der Waals surface area (Å²) < 4.78 is 0. The van der Waals surface area contributed by atoms with E-state index in [1.807, 2.05) is 24.3 Å². The zero-order chi connectivity index (χ0) is 24.1. The number of hydrogen-bond acceptors (Lipinski definition) is 6. The molecule has 1 aromatic carbocycles. The van der Waals surface area contributed by atoms with Gasteiger partial charge in [0.2, 0.25) is 17.7 Å². The number of fused-ring (bicyclic) bond motifs is 1. The fourth-order valence-electron chi connectivity index (χ4n) is 4.02. The van der Waals surface area contributed by atoms with Crippen LogP contribution in [0.25, 0.3) is 10.9 Å². The molecule has 0 aliphatic carbocycles. The lowest BCUT2D eigenvalue weighted by molar-refractivity contribution is -0.142. The maximum Gasteiger partial charge on any atom is 0.327 e. The second-order valence-corrected chi connectivity index (χ2v) is 8.55. The lowest BCUT2D eigenvalue weighted by Crippen LogP contribution is -2.57. The number of nitrogens with zero attached hydrogens (tertiary/aromatic N) is 1. The van der Waals surface area contributed by atoms with Gasteiger partial charge in [0.05, 0.1) is 6.04 Å². The SMILES string of the molecule is C[C@H](N)C(=O)N1CCC[C@H]1C(=O)N[C@@H](Cc1c[nH]c2ccccc12)C(=O)N[C@@H](CS)C(=O)O. The summed E-state index contributed by atoms with van der Waals surface area (Å²) in [6.07, 6.45) is 3.00. The molecule has 2 heterocycles. The summed E-state index contributed by atoms with van der Waals surface area (Å²) in [7, 11) is 0. The molecule has 3 rings (SSSR count). The summed E-state index contributed by atoms with van der Waals surface area (Å²) in [5.41, 5.74) is 7.38. The smallest absolute Gasteiger partial charge is 0.327 e. The molecule has 33 heavy (non-hydrogen) atoms. The predicted molar refractivity (Wildman–Crippen MR) is 126 cm³/mol. The highest BCUT2D eigenvalue weighted by atomic mass is 32.1. The van der Waals surface area contributed by atoms with Gasteiger partial charge in [-0.25, -0.2) is 4.79 Å². The Labute approximate surface area is 196 Å². The number of aliphatic carboxylic acids is 1. The van der Waals surface area contributed by atoms with Gasteiger partial charge in [-0.05, 0) is 31.4 Å². The van der Waals surface area contributed by atoms with E-state index in [0.29, 0.717) is 19.4 Å². The summed E-state index contributed by atoms with van der Waals surface area (Å²) in [6, 6.07) is 3.80. The maximum atomic E-state index is 13.1.